The van der Waals surface area contributed by atoms with Gasteiger partial charge in [0.05, 0.1) is 21.8 Å². The monoisotopic (exact) mass is 352 g/mol. The predicted molar refractivity (Wildman–Crippen MR) is 84.9 cm³/mol. The maximum atomic E-state index is 13.6. The van der Waals surface area contributed by atoms with Crippen molar-refractivity contribution < 1.29 is 27.5 Å². The molecule has 3 N–H and O–H groups in total. The highest BCUT2D eigenvalue weighted by Gasteiger charge is 2.16. The summed E-state index contributed by atoms with van der Waals surface area (Å²) in [4.78, 5) is 21.6. The smallest absolute Gasteiger partial charge is 0.335 e. The summed E-state index contributed by atoms with van der Waals surface area (Å²) < 4.78 is 40.3. The number of carbonyl (C=O) groups is 2. The van der Waals surface area contributed by atoms with Crippen molar-refractivity contribution in [2.45, 2.75) is 11.8 Å². The number of aromatic carboxylic acids is 1. The molecule has 24 heavy (non-hydrogen) atoms. The Morgan fingerprint density at radius 1 is 1.08 bits per heavy atom. The third kappa shape index (κ3) is 4.07. The van der Waals surface area contributed by atoms with E-state index >= 15 is 0 Å². The van der Waals surface area contributed by atoms with E-state index in [1.807, 2.05) is 0 Å². The SMILES string of the molecule is CC(=O)Nc1cc(NS(=O)(=O)c2ccc(C(=O)O)cc2)ccc1F. The second-order valence-corrected chi connectivity index (χ2v) is 6.49. The zero-order valence-corrected chi connectivity index (χ0v) is 13.2. The number of carboxylic acid groups (broad SMARTS) is 1. The summed E-state index contributed by atoms with van der Waals surface area (Å²) in [5.41, 5.74) is -0.171. The van der Waals surface area contributed by atoms with Crippen molar-refractivity contribution in [3.63, 3.8) is 0 Å². The quantitative estimate of drug-likeness (QED) is 0.764. The molecule has 0 saturated carbocycles. The Labute approximate surface area is 137 Å². The minimum atomic E-state index is -3.99. The normalized spacial score (nSPS) is 10.9. The van der Waals surface area contributed by atoms with Crippen molar-refractivity contribution >= 4 is 33.3 Å². The van der Waals surface area contributed by atoms with Crippen LogP contribution in [0.5, 0.6) is 0 Å². The molecule has 0 radical (unpaired) electrons. The van der Waals surface area contributed by atoms with Crippen LogP contribution in [-0.2, 0) is 14.8 Å². The molecule has 0 spiro atoms. The van der Waals surface area contributed by atoms with Gasteiger partial charge in [-0.05, 0) is 42.5 Å². The molecule has 2 rings (SSSR count). The lowest BCUT2D eigenvalue weighted by atomic mass is 10.2. The van der Waals surface area contributed by atoms with Gasteiger partial charge >= 0.3 is 5.97 Å². The number of hydrogen-bond donors (Lipinski definition) is 3. The van der Waals surface area contributed by atoms with Crippen LogP contribution in [0.3, 0.4) is 0 Å². The Morgan fingerprint density at radius 2 is 1.71 bits per heavy atom. The molecule has 0 aliphatic carbocycles. The molecule has 0 aliphatic rings. The van der Waals surface area contributed by atoms with E-state index in [1.54, 1.807) is 0 Å². The molecular weight excluding hydrogens is 339 g/mol. The van der Waals surface area contributed by atoms with Crippen molar-refractivity contribution in [2.75, 3.05) is 10.0 Å². The number of sulfonamides is 1. The number of carboxylic acids is 1. The lowest BCUT2D eigenvalue weighted by Gasteiger charge is -2.11. The highest BCUT2D eigenvalue weighted by molar-refractivity contribution is 7.92. The van der Waals surface area contributed by atoms with Crippen LogP contribution in [0.4, 0.5) is 15.8 Å². The van der Waals surface area contributed by atoms with Gasteiger partial charge in [0.25, 0.3) is 10.0 Å². The molecule has 0 heterocycles. The summed E-state index contributed by atoms with van der Waals surface area (Å²) in [7, 11) is -3.99. The van der Waals surface area contributed by atoms with Crippen LogP contribution in [-0.4, -0.2) is 25.4 Å². The number of hydrogen-bond acceptors (Lipinski definition) is 4. The van der Waals surface area contributed by atoms with Crippen LogP contribution in [0, 0.1) is 5.82 Å². The maximum absolute atomic E-state index is 13.6. The van der Waals surface area contributed by atoms with Crippen LogP contribution in [0.1, 0.15) is 17.3 Å². The van der Waals surface area contributed by atoms with Gasteiger partial charge in [-0.1, -0.05) is 0 Å². The number of benzene rings is 2. The van der Waals surface area contributed by atoms with Crippen molar-refractivity contribution in [2.24, 2.45) is 0 Å². The van der Waals surface area contributed by atoms with E-state index in [4.69, 9.17) is 5.11 Å². The number of anilines is 2. The molecule has 0 bridgehead atoms. The standard InChI is InChI=1S/C15H13FN2O5S/c1-9(19)17-14-8-11(4-7-13(14)16)18-24(22,23)12-5-2-10(3-6-12)15(20)21/h2-8,18H,1H3,(H,17,19)(H,20,21). The minimum absolute atomic E-state index is 0.0439. The summed E-state index contributed by atoms with van der Waals surface area (Å²) in [5, 5.41) is 11.1. The number of halogens is 1. The van der Waals surface area contributed by atoms with Crippen molar-refractivity contribution in [3.8, 4) is 0 Å². The van der Waals surface area contributed by atoms with Crippen molar-refractivity contribution in [1.82, 2.24) is 0 Å². The summed E-state index contributed by atoms with van der Waals surface area (Å²) >= 11 is 0. The highest BCUT2D eigenvalue weighted by Crippen LogP contribution is 2.22. The van der Waals surface area contributed by atoms with E-state index in [-0.39, 0.29) is 21.8 Å². The number of rotatable bonds is 5. The molecule has 126 valence electrons. The number of nitrogens with one attached hydrogen (secondary N) is 2. The predicted octanol–water partition coefficient (Wildman–Crippen LogP) is 2.28. The molecule has 7 nitrogen and oxygen atoms in total. The van der Waals surface area contributed by atoms with Crippen LogP contribution in [0.2, 0.25) is 0 Å². The van der Waals surface area contributed by atoms with Gasteiger partial charge in [0.15, 0.2) is 0 Å². The lowest BCUT2D eigenvalue weighted by Crippen LogP contribution is -2.14. The highest BCUT2D eigenvalue weighted by atomic mass is 32.2. The Hall–Kier alpha value is -2.94. The summed E-state index contributed by atoms with van der Waals surface area (Å²) in [6.07, 6.45) is 0. The second kappa shape index (κ2) is 6.67. The van der Waals surface area contributed by atoms with Gasteiger partial charge < -0.3 is 10.4 Å². The Bertz CT molecular complexity index is 895. The second-order valence-electron chi connectivity index (χ2n) is 4.81. The fourth-order valence-electron chi connectivity index (χ4n) is 1.86. The Balaban J connectivity index is 2.28. The molecule has 0 fully saturated rings. The third-order valence-electron chi connectivity index (χ3n) is 2.94. The van der Waals surface area contributed by atoms with Crippen LogP contribution >= 0.6 is 0 Å². The van der Waals surface area contributed by atoms with Gasteiger partial charge in [-0.3, -0.25) is 9.52 Å². The minimum Gasteiger partial charge on any atom is -0.478 e. The molecular formula is C15H13FN2O5S. The van der Waals surface area contributed by atoms with Gasteiger partial charge in [0.1, 0.15) is 5.82 Å². The number of carbonyl (C=O) groups excluding carboxylic acids is 1. The van der Waals surface area contributed by atoms with E-state index < -0.39 is 27.7 Å². The van der Waals surface area contributed by atoms with Gasteiger partial charge in [-0.25, -0.2) is 17.6 Å². The lowest BCUT2D eigenvalue weighted by molar-refractivity contribution is -0.114. The van der Waals surface area contributed by atoms with E-state index in [2.05, 4.69) is 10.0 Å². The van der Waals surface area contributed by atoms with Crippen molar-refractivity contribution in [1.29, 1.82) is 0 Å². The van der Waals surface area contributed by atoms with Gasteiger partial charge in [-0.2, -0.15) is 0 Å². The molecule has 9 heteroatoms. The van der Waals surface area contributed by atoms with Gasteiger partial charge in [0, 0.05) is 6.92 Å². The molecule has 0 aromatic heterocycles. The first-order valence-electron chi connectivity index (χ1n) is 6.62. The molecule has 0 saturated heterocycles. The molecule has 2 aromatic rings. The first-order valence-corrected chi connectivity index (χ1v) is 8.10. The Morgan fingerprint density at radius 3 is 2.25 bits per heavy atom. The first kappa shape index (κ1) is 17.4. The molecule has 1 amide bonds. The average Bonchev–Trinajstić information content (AvgIpc) is 2.50. The number of amides is 1. The van der Waals surface area contributed by atoms with Gasteiger partial charge in [-0.15, -0.1) is 0 Å². The third-order valence-corrected chi connectivity index (χ3v) is 4.34. The van der Waals surface area contributed by atoms with Crippen LogP contribution in [0.15, 0.2) is 47.4 Å². The van der Waals surface area contributed by atoms with Crippen LogP contribution < -0.4 is 10.0 Å². The van der Waals surface area contributed by atoms with Gasteiger partial charge in [0.2, 0.25) is 5.91 Å². The molecule has 0 aliphatic heterocycles. The first-order chi connectivity index (χ1) is 11.2. The summed E-state index contributed by atoms with van der Waals surface area (Å²) in [6.45, 7) is 1.19. The van der Waals surface area contributed by atoms with Crippen molar-refractivity contribution in [3.05, 3.63) is 53.8 Å². The average molecular weight is 352 g/mol. The zero-order valence-electron chi connectivity index (χ0n) is 12.4. The molecule has 0 unspecified atom stereocenters. The fraction of sp³-hybridized carbons (Fsp3) is 0.0667. The van der Waals surface area contributed by atoms with E-state index in [0.717, 1.165) is 36.4 Å². The molecule has 2 aromatic carbocycles. The van der Waals surface area contributed by atoms with E-state index in [9.17, 15) is 22.4 Å². The fourth-order valence-corrected chi connectivity index (χ4v) is 2.91. The Kier molecular flexibility index (Phi) is 4.84. The topological polar surface area (TPSA) is 113 Å². The maximum Gasteiger partial charge on any atom is 0.335 e. The van der Waals surface area contributed by atoms with E-state index in [1.165, 1.54) is 13.0 Å². The summed E-state index contributed by atoms with van der Waals surface area (Å²) in [5.74, 6) is -2.39. The van der Waals surface area contributed by atoms with Crippen LogP contribution in [0.25, 0.3) is 0 Å². The largest absolute Gasteiger partial charge is 0.478 e. The molecule has 0 atom stereocenters. The van der Waals surface area contributed by atoms with E-state index in [0.29, 0.717) is 0 Å². The summed E-state index contributed by atoms with van der Waals surface area (Å²) in [6, 6.07) is 7.95. The zero-order chi connectivity index (χ0) is 17.9.